The molecule has 0 aromatic carbocycles. The first-order chi connectivity index (χ1) is 25.8. The van der Waals surface area contributed by atoms with Crippen LogP contribution in [0.15, 0.2) is 0 Å². The number of carboxylic acids is 2. The minimum Gasteiger partial charge on any atom is -0.550 e. The predicted molar refractivity (Wildman–Crippen MR) is 223 cm³/mol. The Labute approximate surface area is 355 Å². The molecule has 0 radical (unpaired) electrons. The van der Waals surface area contributed by atoms with Crippen molar-refractivity contribution in [3.05, 3.63) is 0 Å². The second-order valence-electron chi connectivity index (χ2n) is 15.8. The molecule has 0 aliphatic carbocycles. The quantitative estimate of drug-likeness (QED) is 0.0360. The average molecular weight is 819 g/mol. The molecule has 0 aromatic rings. The number of unbranched alkanes of at least 4 members (excludes halogenated alkanes) is 28. The van der Waals surface area contributed by atoms with E-state index in [0.717, 1.165) is 38.5 Å². The topological polar surface area (TPSA) is 155 Å². The van der Waals surface area contributed by atoms with Crippen LogP contribution in [0.5, 0.6) is 0 Å². The van der Waals surface area contributed by atoms with Gasteiger partial charge in [0.15, 0.2) is 0 Å². The number of carbonyl (C=O) groups excluding carboxylic acids is 4. The molecule has 0 aromatic heterocycles. The third-order valence-electron chi connectivity index (χ3n) is 8.80. The number of aliphatic hydroxyl groups is 2. The Hall–Kier alpha value is -1.09. The second kappa shape index (κ2) is 55.0. The zero-order valence-corrected chi connectivity index (χ0v) is 38.6. The number of carboxylic acid groups (broad SMARTS) is 2. The molecule has 0 aliphatic rings. The van der Waals surface area contributed by atoms with E-state index in [0.29, 0.717) is 12.8 Å². The molecule has 0 atom stereocenters. The molecule has 55 heavy (non-hydrogen) atoms. The summed E-state index contributed by atoms with van der Waals surface area (Å²) in [5.74, 6) is -2.90. The zero-order chi connectivity index (χ0) is 41.5. The van der Waals surface area contributed by atoms with Crippen LogP contribution in [-0.2, 0) is 40.9 Å². The number of rotatable bonds is 36. The molecule has 0 spiro atoms. The number of Topliss-reactive ketones (excluding diaryl/α,β-unsaturated/α-hetero) is 2. The molecule has 0 heterocycles. The van der Waals surface area contributed by atoms with E-state index in [1.165, 1.54) is 154 Å². The fourth-order valence-electron chi connectivity index (χ4n) is 5.89. The minimum absolute atomic E-state index is 0. The summed E-state index contributed by atoms with van der Waals surface area (Å²) in [5, 5.41) is 36.6. The van der Waals surface area contributed by atoms with Crippen molar-refractivity contribution in [2.45, 2.75) is 272 Å². The molecule has 0 bridgehead atoms. The minimum atomic E-state index is -1.25. The standard InChI is InChI=1S/2C20H38O3.2C3H8O.Ti/c2*1-2-3-4-5-6-7-8-9-10-11-12-13-14-15-16-17-19(21)18-20(22)23;2*1-3(2)4;/h2*2-18H2,1H3,(H,22,23);2*3-4H,1-2H3;/q;;;;+2/p-2. The van der Waals surface area contributed by atoms with Crippen LogP contribution in [0.25, 0.3) is 0 Å². The summed E-state index contributed by atoms with van der Waals surface area (Å²) < 4.78 is 0. The van der Waals surface area contributed by atoms with E-state index in [1.807, 2.05) is 0 Å². The fraction of sp³-hybridized carbons (Fsp3) is 0.913. The van der Waals surface area contributed by atoms with Gasteiger partial charge in [0.25, 0.3) is 0 Å². The third kappa shape index (κ3) is 81.9. The number of carbonyl (C=O) groups is 4. The Bertz CT molecular complexity index is 718. The molecule has 0 aliphatic heterocycles. The van der Waals surface area contributed by atoms with Crippen LogP contribution >= 0.6 is 0 Å². The first-order valence-electron chi connectivity index (χ1n) is 22.6. The summed E-state index contributed by atoms with van der Waals surface area (Å²) >= 11 is 0. The van der Waals surface area contributed by atoms with Crippen molar-refractivity contribution in [2.24, 2.45) is 0 Å². The first-order valence-corrected chi connectivity index (χ1v) is 22.6. The Morgan fingerprint density at radius 3 is 0.655 bits per heavy atom. The van der Waals surface area contributed by atoms with E-state index < -0.39 is 24.8 Å². The number of hydrogen-bond donors (Lipinski definition) is 2. The van der Waals surface area contributed by atoms with Crippen molar-refractivity contribution in [3.63, 3.8) is 0 Å². The Morgan fingerprint density at radius 1 is 0.364 bits per heavy atom. The summed E-state index contributed by atoms with van der Waals surface area (Å²) in [4.78, 5) is 42.8. The van der Waals surface area contributed by atoms with Gasteiger partial charge in [-0.3, -0.25) is 9.59 Å². The molecule has 2 N–H and O–H groups in total. The number of ketones is 2. The molecule has 0 saturated carbocycles. The maximum Gasteiger partial charge on any atom is 2.00 e. The molecular formula is C46H90O8Ti. The van der Waals surface area contributed by atoms with Crippen LogP contribution in [0.3, 0.4) is 0 Å². The fourth-order valence-corrected chi connectivity index (χ4v) is 5.89. The predicted octanol–water partition coefficient (Wildman–Crippen LogP) is 10.7. The van der Waals surface area contributed by atoms with E-state index in [2.05, 4.69) is 13.8 Å². The van der Waals surface area contributed by atoms with Crippen molar-refractivity contribution < 1.29 is 61.3 Å². The third-order valence-corrected chi connectivity index (χ3v) is 8.80. The van der Waals surface area contributed by atoms with Crippen molar-refractivity contribution in [1.29, 1.82) is 0 Å². The van der Waals surface area contributed by atoms with Crippen LogP contribution in [0.2, 0.25) is 0 Å². The average Bonchev–Trinajstić information content (AvgIpc) is 3.07. The van der Waals surface area contributed by atoms with E-state index in [-0.39, 0.29) is 45.5 Å². The maximum absolute atomic E-state index is 11.2. The van der Waals surface area contributed by atoms with Gasteiger partial charge in [0.05, 0.1) is 0 Å². The van der Waals surface area contributed by atoms with Gasteiger partial charge in [0, 0.05) is 49.8 Å². The molecule has 0 rings (SSSR count). The molecule has 0 amide bonds. The van der Waals surface area contributed by atoms with Crippen LogP contribution in [-0.4, -0.2) is 45.9 Å². The van der Waals surface area contributed by atoms with Gasteiger partial charge in [0.1, 0.15) is 11.6 Å². The van der Waals surface area contributed by atoms with Gasteiger partial charge in [-0.15, -0.1) is 0 Å². The summed E-state index contributed by atoms with van der Waals surface area (Å²) in [6.45, 7) is 11.4. The van der Waals surface area contributed by atoms with Gasteiger partial charge in [-0.1, -0.05) is 194 Å². The zero-order valence-electron chi connectivity index (χ0n) is 37.0. The van der Waals surface area contributed by atoms with Crippen molar-refractivity contribution in [3.8, 4) is 0 Å². The van der Waals surface area contributed by atoms with Gasteiger partial charge < -0.3 is 30.0 Å². The second-order valence-corrected chi connectivity index (χ2v) is 15.8. The molecule has 8 nitrogen and oxygen atoms in total. The summed E-state index contributed by atoms with van der Waals surface area (Å²) in [6, 6.07) is 0. The van der Waals surface area contributed by atoms with Crippen molar-refractivity contribution in [1.82, 2.24) is 0 Å². The van der Waals surface area contributed by atoms with Gasteiger partial charge in [-0.2, -0.15) is 0 Å². The Morgan fingerprint density at radius 2 is 0.509 bits per heavy atom. The molecule has 0 unspecified atom stereocenters. The molecular weight excluding hydrogens is 728 g/mol. The van der Waals surface area contributed by atoms with Crippen LogP contribution < -0.4 is 10.2 Å². The Balaban J connectivity index is -0.000000249. The summed E-state index contributed by atoms with van der Waals surface area (Å²) in [5.41, 5.74) is 0. The van der Waals surface area contributed by atoms with Gasteiger partial charge in [0.2, 0.25) is 0 Å². The normalized spacial score (nSPS) is 10.4. The molecule has 9 heteroatoms. The van der Waals surface area contributed by atoms with Crippen LogP contribution in [0.4, 0.5) is 0 Å². The van der Waals surface area contributed by atoms with Gasteiger partial charge in [-0.05, 0) is 40.5 Å². The Kier molecular flexibility index (Phi) is 63.1. The largest absolute Gasteiger partial charge is 2.00 e. The van der Waals surface area contributed by atoms with E-state index >= 15 is 0 Å². The molecule has 326 valence electrons. The number of aliphatic hydroxyl groups excluding tert-OH is 2. The van der Waals surface area contributed by atoms with Gasteiger partial charge in [-0.25, -0.2) is 0 Å². The van der Waals surface area contributed by atoms with E-state index in [4.69, 9.17) is 10.2 Å². The summed E-state index contributed by atoms with van der Waals surface area (Å²) in [7, 11) is 0. The van der Waals surface area contributed by atoms with Gasteiger partial charge >= 0.3 is 21.7 Å². The molecule has 0 saturated heterocycles. The smallest absolute Gasteiger partial charge is 0.550 e. The molecule has 0 fully saturated rings. The number of hydrogen-bond acceptors (Lipinski definition) is 8. The number of aliphatic carboxylic acids is 2. The van der Waals surface area contributed by atoms with Crippen molar-refractivity contribution >= 4 is 23.5 Å². The summed E-state index contributed by atoms with van der Waals surface area (Å²) in [6.07, 6.45) is 38.4. The maximum atomic E-state index is 11.2. The first kappa shape index (κ1) is 63.1. The van der Waals surface area contributed by atoms with Crippen LogP contribution in [0.1, 0.15) is 260 Å². The van der Waals surface area contributed by atoms with E-state index in [9.17, 15) is 29.4 Å². The van der Waals surface area contributed by atoms with Crippen molar-refractivity contribution in [2.75, 3.05) is 0 Å². The van der Waals surface area contributed by atoms with Crippen LogP contribution in [0, 0.1) is 0 Å². The monoisotopic (exact) mass is 819 g/mol. The SMILES string of the molecule is CC(C)O.CC(C)O.CCCCCCCCCCCCCCCCCC(=O)CC(=O)[O-].CCCCCCCCCCCCCCCCCC(=O)CC(=O)[O-].[Ti+2]. The van der Waals surface area contributed by atoms with E-state index in [1.54, 1.807) is 27.7 Å².